The van der Waals surface area contributed by atoms with Crippen LogP contribution in [0.4, 0.5) is 10.1 Å². The van der Waals surface area contributed by atoms with E-state index in [2.05, 4.69) is 5.32 Å². The van der Waals surface area contributed by atoms with Gasteiger partial charge in [0, 0.05) is 12.1 Å². The highest BCUT2D eigenvalue weighted by atomic mass is 32.2. The molecule has 3 rings (SSSR count). The van der Waals surface area contributed by atoms with E-state index in [4.69, 9.17) is 9.47 Å². The van der Waals surface area contributed by atoms with E-state index in [9.17, 15) is 17.6 Å². The summed E-state index contributed by atoms with van der Waals surface area (Å²) < 4.78 is 52.5. The fourth-order valence-electron chi connectivity index (χ4n) is 2.76. The molecule has 0 unspecified atom stereocenters. The number of hydrogen-bond acceptors (Lipinski definition) is 5. The molecule has 2 aromatic rings. The second-order valence-electron chi connectivity index (χ2n) is 6.49. The van der Waals surface area contributed by atoms with Crippen molar-refractivity contribution < 1.29 is 27.1 Å². The zero-order valence-electron chi connectivity index (χ0n) is 15.5. The number of benzene rings is 2. The van der Waals surface area contributed by atoms with Crippen LogP contribution in [0.1, 0.15) is 13.8 Å². The maximum absolute atomic E-state index is 14.4. The summed E-state index contributed by atoms with van der Waals surface area (Å²) in [6.07, 6.45) is 0. The molecule has 0 saturated carbocycles. The molecule has 7 nitrogen and oxygen atoms in total. The SMILES string of the molecule is CC(C)NC(=O)CN(c1ccccc1F)S(=O)(=O)c1ccc2c(c1)OCCO2. The third-order valence-corrected chi connectivity index (χ3v) is 5.72. The van der Waals surface area contributed by atoms with Gasteiger partial charge in [-0.25, -0.2) is 12.8 Å². The molecule has 1 amide bonds. The lowest BCUT2D eigenvalue weighted by atomic mass is 10.3. The number of ether oxygens (including phenoxy) is 2. The second kappa shape index (κ2) is 8.05. The maximum Gasteiger partial charge on any atom is 0.265 e. The highest BCUT2D eigenvalue weighted by Gasteiger charge is 2.30. The summed E-state index contributed by atoms with van der Waals surface area (Å²) in [6, 6.07) is 9.36. The van der Waals surface area contributed by atoms with Crippen LogP contribution < -0.4 is 19.1 Å². The number of halogens is 1. The van der Waals surface area contributed by atoms with Crippen LogP contribution in [-0.4, -0.2) is 40.1 Å². The topological polar surface area (TPSA) is 84.9 Å². The first-order valence-electron chi connectivity index (χ1n) is 8.75. The number of amides is 1. The molecule has 0 aliphatic carbocycles. The van der Waals surface area contributed by atoms with E-state index in [1.165, 1.54) is 36.4 Å². The molecule has 0 spiro atoms. The normalized spacial score (nSPS) is 13.3. The van der Waals surface area contributed by atoms with Crippen LogP contribution in [0.15, 0.2) is 47.4 Å². The highest BCUT2D eigenvalue weighted by molar-refractivity contribution is 7.92. The van der Waals surface area contributed by atoms with E-state index < -0.39 is 28.3 Å². The maximum atomic E-state index is 14.4. The fraction of sp³-hybridized carbons (Fsp3) is 0.316. The number of para-hydroxylation sites is 1. The molecule has 0 fully saturated rings. The van der Waals surface area contributed by atoms with Crippen molar-refractivity contribution in [1.82, 2.24) is 5.32 Å². The molecule has 1 N–H and O–H groups in total. The zero-order valence-corrected chi connectivity index (χ0v) is 16.3. The number of nitrogens with one attached hydrogen (secondary N) is 1. The molecule has 9 heteroatoms. The number of fused-ring (bicyclic) bond motifs is 1. The Morgan fingerprint density at radius 2 is 1.82 bits per heavy atom. The Balaban J connectivity index is 2.03. The Hall–Kier alpha value is -2.81. The van der Waals surface area contributed by atoms with Crippen molar-refractivity contribution in [3.8, 4) is 11.5 Å². The van der Waals surface area contributed by atoms with Crippen molar-refractivity contribution in [3.05, 3.63) is 48.3 Å². The Kier molecular flexibility index (Phi) is 5.73. The third-order valence-electron chi connectivity index (χ3n) is 3.96. The van der Waals surface area contributed by atoms with Crippen LogP contribution in [0.25, 0.3) is 0 Å². The van der Waals surface area contributed by atoms with Gasteiger partial charge in [-0.2, -0.15) is 0 Å². The molecule has 0 aromatic heterocycles. The predicted octanol–water partition coefficient (Wildman–Crippen LogP) is 2.32. The van der Waals surface area contributed by atoms with Gasteiger partial charge >= 0.3 is 0 Å². The Morgan fingerprint density at radius 1 is 1.14 bits per heavy atom. The van der Waals surface area contributed by atoms with E-state index in [-0.39, 0.29) is 22.4 Å². The van der Waals surface area contributed by atoms with E-state index in [0.29, 0.717) is 19.0 Å². The van der Waals surface area contributed by atoms with Gasteiger partial charge in [0.25, 0.3) is 10.0 Å². The summed E-state index contributed by atoms with van der Waals surface area (Å²) in [5.74, 6) is -0.576. The predicted molar refractivity (Wildman–Crippen MR) is 102 cm³/mol. The second-order valence-corrected chi connectivity index (χ2v) is 8.35. The number of hydrogen-bond donors (Lipinski definition) is 1. The van der Waals surface area contributed by atoms with Crippen LogP contribution >= 0.6 is 0 Å². The summed E-state index contributed by atoms with van der Waals surface area (Å²) in [6.45, 7) is 3.61. The minimum Gasteiger partial charge on any atom is -0.486 e. The van der Waals surface area contributed by atoms with Crippen molar-refractivity contribution in [2.24, 2.45) is 0 Å². The first-order chi connectivity index (χ1) is 13.3. The molecule has 0 bridgehead atoms. The van der Waals surface area contributed by atoms with Crippen molar-refractivity contribution in [1.29, 1.82) is 0 Å². The molecule has 28 heavy (non-hydrogen) atoms. The number of nitrogens with zero attached hydrogens (tertiary/aromatic N) is 1. The molecule has 1 aliphatic heterocycles. The van der Waals surface area contributed by atoms with Gasteiger partial charge in [0.05, 0.1) is 10.6 Å². The first-order valence-corrected chi connectivity index (χ1v) is 10.2. The monoisotopic (exact) mass is 408 g/mol. The molecule has 2 aromatic carbocycles. The lowest BCUT2D eigenvalue weighted by molar-refractivity contribution is -0.120. The molecular weight excluding hydrogens is 387 g/mol. The average Bonchev–Trinajstić information content (AvgIpc) is 2.65. The van der Waals surface area contributed by atoms with Crippen LogP contribution in [0.3, 0.4) is 0 Å². The fourth-order valence-corrected chi connectivity index (χ4v) is 4.21. The standard InChI is InChI=1S/C19H21FN2O5S/c1-13(2)21-19(23)12-22(16-6-4-3-5-15(16)20)28(24,25)14-7-8-17-18(11-14)27-10-9-26-17/h3-8,11,13H,9-10,12H2,1-2H3,(H,21,23). The number of anilines is 1. The van der Waals surface area contributed by atoms with Crippen molar-refractivity contribution in [2.75, 3.05) is 24.1 Å². The van der Waals surface area contributed by atoms with E-state index in [0.717, 1.165) is 10.4 Å². The van der Waals surface area contributed by atoms with E-state index in [1.54, 1.807) is 13.8 Å². The zero-order chi connectivity index (χ0) is 20.3. The summed E-state index contributed by atoms with van der Waals surface area (Å²) >= 11 is 0. The molecule has 1 heterocycles. The first kappa shape index (κ1) is 19.9. The number of carbonyl (C=O) groups excluding carboxylic acids is 1. The van der Waals surface area contributed by atoms with Gasteiger partial charge in [0.2, 0.25) is 5.91 Å². The van der Waals surface area contributed by atoms with Gasteiger partial charge in [0.15, 0.2) is 11.5 Å². The van der Waals surface area contributed by atoms with E-state index >= 15 is 0 Å². The number of carbonyl (C=O) groups is 1. The van der Waals surface area contributed by atoms with Crippen molar-refractivity contribution in [3.63, 3.8) is 0 Å². The van der Waals surface area contributed by atoms with Gasteiger partial charge in [-0.05, 0) is 38.1 Å². The average molecular weight is 408 g/mol. The van der Waals surface area contributed by atoms with Crippen LogP contribution in [0, 0.1) is 5.82 Å². The van der Waals surface area contributed by atoms with Crippen LogP contribution in [0.2, 0.25) is 0 Å². The molecule has 0 saturated heterocycles. The minimum absolute atomic E-state index is 0.127. The van der Waals surface area contributed by atoms with Gasteiger partial charge in [-0.1, -0.05) is 12.1 Å². The molecular formula is C19H21FN2O5S. The minimum atomic E-state index is -4.24. The lowest BCUT2D eigenvalue weighted by Gasteiger charge is -2.26. The summed E-state index contributed by atoms with van der Waals surface area (Å²) in [4.78, 5) is 12.1. The Morgan fingerprint density at radius 3 is 2.50 bits per heavy atom. The quantitative estimate of drug-likeness (QED) is 0.793. The van der Waals surface area contributed by atoms with Gasteiger partial charge in [0.1, 0.15) is 25.6 Å². The Labute approximate surface area is 163 Å². The third kappa shape index (κ3) is 4.19. The highest BCUT2D eigenvalue weighted by Crippen LogP contribution is 2.34. The number of rotatable bonds is 6. The molecule has 0 atom stereocenters. The van der Waals surface area contributed by atoms with Crippen molar-refractivity contribution >= 4 is 21.6 Å². The molecule has 1 aliphatic rings. The largest absolute Gasteiger partial charge is 0.486 e. The van der Waals surface area contributed by atoms with Gasteiger partial charge in [-0.3, -0.25) is 9.10 Å². The van der Waals surface area contributed by atoms with Crippen LogP contribution in [-0.2, 0) is 14.8 Å². The molecule has 150 valence electrons. The summed E-state index contributed by atoms with van der Waals surface area (Å²) in [7, 11) is -4.24. The number of sulfonamides is 1. The molecule has 0 radical (unpaired) electrons. The van der Waals surface area contributed by atoms with Crippen LogP contribution in [0.5, 0.6) is 11.5 Å². The summed E-state index contributed by atoms with van der Waals surface area (Å²) in [5.41, 5.74) is -0.212. The smallest absolute Gasteiger partial charge is 0.265 e. The van der Waals surface area contributed by atoms with Gasteiger partial charge < -0.3 is 14.8 Å². The van der Waals surface area contributed by atoms with Crippen molar-refractivity contribution in [2.45, 2.75) is 24.8 Å². The van der Waals surface area contributed by atoms with Gasteiger partial charge in [-0.15, -0.1) is 0 Å². The summed E-state index contributed by atoms with van der Waals surface area (Å²) in [5, 5.41) is 2.62. The van der Waals surface area contributed by atoms with E-state index in [1.807, 2.05) is 0 Å². The lowest BCUT2D eigenvalue weighted by Crippen LogP contribution is -2.43. The Bertz CT molecular complexity index is 978.